The fraction of sp³-hybridized carbons (Fsp3) is 0.429. The number of fused-ring (bicyclic) bond motifs is 1. The van der Waals surface area contributed by atoms with Crippen molar-refractivity contribution in [3.05, 3.63) is 55.9 Å². The lowest BCUT2D eigenvalue weighted by Crippen LogP contribution is -2.42. The molecule has 0 radical (unpaired) electrons. The van der Waals surface area contributed by atoms with Crippen molar-refractivity contribution in [3.8, 4) is 6.07 Å². The second-order valence-electron chi connectivity index (χ2n) is 8.43. The van der Waals surface area contributed by atoms with E-state index in [0.717, 1.165) is 19.5 Å². The summed E-state index contributed by atoms with van der Waals surface area (Å²) in [6.07, 6.45) is 1.09. The molecule has 4 rings (SSSR count). The average Bonchev–Trinajstić information content (AvgIpc) is 2.72. The van der Waals surface area contributed by atoms with Gasteiger partial charge >= 0.3 is 0 Å². The SMILES string of the molecule is CC1CC(C)CN(c2nc3c(c(=O)[nH]2)C(c2ccc([N+](=O)[O-])cc2)C(C#N)C(=O)N3)C1. The molecule has 4 atom stereocenters. The van der Waals surface area contributed by atoms with E-state index in [1.807, 2.05) is 11.0 Å². The first-order chi connectivity index (χ1) is 14.8. The van der Waals surface area contributed by atoms with Crippen LogP contribution in [0.1, 0.15) is 37.3 Å². The first kappa shape index (κ1) is 20.5. The Hall–Kier alpha value is -3.74. The second-order valence-corrected chi connectivity index (χ2v) is 8.43. The fourth-order valence-electron chi connectivity index (χ4n) is 4.65. The Morgan fingerprint density at radius 3 is 2.42 bits per heavy atom. The predicted octanol–water partition coefficient (Wildman–Crippen LogP) is 2.38. The van der Waals surface area contributed by atoms with E-state index < -0.39 is 28.2 Å². The first-order valence-electron chi connectivity index (χ1n) is 10.1. The molecular formula is C21H22N6O4. The summed E-state index contributed by atoms with van der Waals surface area (Å²) in [5.41, 5.74) is 0.0957. The Morgan fingerprint density at radius 1 is 1.19 bits per heavy atom. The highest BCUT2D eigenvalue weighted by Gasteiger charge is 2.40. The van der Waals surface area contributed by atoms with Gasteiger partial charge in [0.1, 0.15) is 11.7 Å². The number of rotatable bonds is 3. The molecule has 1 amide bonds. The van der Waals surface area contributed by atoms with Crippen molar-refractivity contribution in [2.45, 2.75) is 26.2 Å². The van der Waals surface area contributed by atoms with E-state index in [1.165, 1.54) is 24.3 Å². The topological polar surface area (TPSA) is 145 Å². The van der Waals surface area contributed by atoms with Crippen LogP contribution < -0.4 is 15.8 Å². The average molecular weight is 422 g/mol. The third kappa shape index (κ3) is 3.74. The molecule has 0 spiro atoms. The number of aromatic amines is 1. The number of hydrogen-bond donors (Lipinski definition) is 2. The minimum absolute atomic E-state index is 0.117. The number of nitriles is 1. The molecule has 31 heavy (non-hydrogen) atoms. The Morgan fingerprint density at radius 2 is 1.84 bits per heavy atom. The number of nitrogens with one attached hydrogen (secondary N) is 2. The lowest BCUT2D eigenvalue weighted by atomic mass is 9.79. The van der Waals surface area contributed by atoms with Gasteiger partial charge in [-0.2, -0.15) is 10.2 Å². The zero-order valence-corrected chi connectivity index (χ0v) is 17.2. The number of non-ortho nitro benzene ring substituents is 1. The van der Waals surface area contributed by atoms with Crippen molar-refractivity contribution in [2.75, 3.05) is 23.3 Å². The lowest BCUT2D eigenvalue weighted by molar-refractivity contribution is -0.384. The number of carbonyl (C=O) groups excluding carboxylic acids is 1. The summed E-state index contributed by atoms with van der Waals surface area (Å²) >= 11 is 0. The van der Waals surface area contributed by atoms with Gasteiger partial charge in [-0.3, -0.25) is 24.7 Å². The van der Waals surface area contributed by atoms with Crippen LogP contribution in [0, 0.1) is 39.2 Å². The van der Waals surface area contributed by atoms with Crippen LogP contribution in [0.5, 0.6) is 0 Å². The number of anilines is 2. The molecule has 160 valence electrons. The van der Waals surface area contributed by atoms with Gasteiger partial charge in [-0.05, 0) is 23.8 Å². The molecule has 2 aliphatic rings. The summed E-state index contributed by atoms with van der Waals surface area (Å²) in [7, 11) is 0. The normalized spacial score (nSPS) is 25.3. The molecule has 10 heteroatoms. The largest absolute Gasteiger partial charge is 0.342 e. The van der Waals surface area contributed by atoms with Crippen molar-refractivity contribution in [1.82, 2.24) is 9.97 Å². The van der Waals surface area contributed by atoms with Gasteiger partial charge in [-0.1, -0.05) is 26.0 Å². The van der Waals surface area contributed by atoms with Crippen LogP contribution in [-0.2, 0) is 4.79 Å². The number of carbonyl (C=O) groups is 1. The molecule has 2 aromatic rings. The molecule has 2 N–H and O–H groups in total. The number of aromatic nitrogens is 2. The number of H-pyrrole nitrogens is 1. The van der Waals surface area contributed by atoms with Crippen LogP contribution >= 0.6 is 0 Å². The highest BCUT2D eigenvalue weighted by molar-refractivity contribution is 5.98. The van der Waals surface area contributed by atoms with Gasteiger partial charge in [-0.15, -0.1) is 0 Å². The van der Waals surface area contributed by atoms with E-state index in [4.69, 9.17) is 0 Å². The molecule has 0 aliphatic carbocycles. The maximum Gasteiger partial charge on any atom is 0.269 e. The first-order valence-corrected chi connectivity index (χ1v) is 10.1. The third-order valence-electron chi connectivity index (χ3n) is 5.88. The van der Waals surface area contributed by atoms with Crippen molar-refractivity contribution in [1.29, 1.82) is 5.26 Å². The molecule has 1 aromatic heterocycles. The molecular weight excluding hydrogens is 400 g/mol. The third-order valence-corrected chi connectivity index (χ3v) is 5.88. The number of piperidine rings is 1. The molecule has 0 bridgehead atoms. The van der Waals surface area contributed by atoms with Gasteiger partial charge in [0.15, 0.2) is 0 Å². The van der Waals surface area contributed by atoms with Crippen LogP contribution in [0.15, 0.2) is 29.1 Å². The van der Waals surface area contributed by atoms with Crippen molar-refractivity contribution < 1.29 is 9.72 Å². The van der Waals surface area contributed by atoms with E-state index in [1.54, 1.807) is 0 Å². The van der Waals surface area contributed by atoms with Gasteiger partial charge in [0.2, 0.25) is 11.9 Å². The van der Waals surface area contributed by atoms with Gasteiger partial charge in [0.25, 0.3) is 11.2 Å². The Kier molecular flexibility index (Phi) is 5.19. The molecule has 4 unspecified atom stereocenters. The minimum Gasteiger partial charge on any atom is -0.342 e. The molecule has 1 aromatic carbocycles. The summed E-state index contributed by atoms with van der Waals surface area (Å²) in [4.78, 5) is 45.6. The van der Waals surface area contributed by atoms with Gasteiger partial charge in [-0.25, -0.2) is 0 Å². The Bertz CT molecular complexity index is 1130. The summed E-state index contributed by atoms with van der Waals surface area (Å²) in [6, 6.07) is 7.49. The van der Waals surface area contributed by atoms with E-state index in [2.05, 4.69) is 29.1 Å². The van der Waals surface area contributed by atoms with E-state index in [9.17, 15) is 25.0 Å². The van der Waals surface area contributed by atoms with Crippen LogP contribution in [0.3, 0.4) is 0 Å². The Labute approximate surface area is 178 Å². The van der Waals surface area contributed by atoms with Crippen LogP contribution in [0.2, 0.25) is 0 Å². The van der Waals surface area contributed by atoms with Gasteiger partial charge < -0.3 is 10.2 Å². The number of hydrogen-bond acceptors (Lipinski definition) is 7. The molecule has 2 aliphatic heterocycles. The van der Waals surface area contributed by atoms with E-state index in [0.29, 0.717) is 23.3 Å². The van der Waals surface area contributed by atoms with Crippen molar-refractivity contribution >= 4 is 23.4 Å². The molecule has 0 saturated carbocycles. The summed E-state index contributed by atoms with van der Waals surface area (Å²) in [6.45, 7) is 5.77. The second kappa shape index (κ2) is 7.83. The maximum absolute atomic E-state index is 13.1. The van der Waals surface area contributed by atoms with Crippen LogP contribution in [0.25, 0.3) is 0 Å². The van der Waals surface area contributed by atoms with Crippen LogP contribution in [0.4, 0.5) is 17.5 Å². The molecule has 1 saturated heterocycles. The van der Waals surface area contributed by atoms with E-state index in [-0.39, 0.29) is 17.1 Å². The summed E-state index contributed by atoms with van der Waals surface area (Å²) < 4.78 is 0. The van der Waals surface area contributed by atoms with Crippen molar-refractivity contribution in [2.24, 2.45) is 17.8 Å². The van der Waals surface area contributed by atoms with Gasteiger partial charge in [0.05, 0.1) is 16.6 Å². The minimum atomic E-state index is -1.15. The monoisotopic (exact) mass is 422 g/mol. The molecule has 3 heterocycles. The number of amides is 1. The highest BCUT2D eigenvalue weighted by Crippen LogP contribution is 2.39. The number of nitrogens with zero attached hydrogens (tertiary/aromatic N) is 4. The number of nitro groups is 1. The lowest BCUT2D eigenvalue weighted by Gasteiger charge is -2.36. The van der Waals surface area contributed by atoms with Crippen molar-refractivity contribution in [3.63, 3.8) is 0 Å². The van der Waals surface area contributed by atoms with Crippen LogP contribution in [-0.4, -0.2) is 33.9 Å². The zero-order valence-electron chi connectivity index (χ0n) is 17.2. The highest BCUT2D eigenvalue weighted by atomic mass is 16.6. The maximum atomic E-state index is 13.1. The van der Waals surface area contributed by atoms with Gasteiger partial charge in [0, 0.05) is 31.1 Å². The van der Waals surface area contributed by atoms with E-state index >= 15 is 0 Å². The summed E-state index contributed by atoms with van der Waals surface area (Å²) in [5.74, 6) is -1.18. The number of benzene rings is 1. The molecule has 10 nitrogen and oxygen atoms in total. The fourth-order valence-corrected chi connectivity index (χ4v) is 4.65. The Balaban J connectivity index is 1.80. The quantitative estimate of drug-likeness (QED) is 0.570. The summed E-state index contributed by atoms with van der Waals surface area (Å²) in [5, 5.41) is 23.2. The standard InChI is InChI=1S/C21H22N6O4/c1-11-7-12(2)10-26(9-11)21-24-18-17(20(29)25-21)16(15(8-22)19(28)23-18)13-3-5-14(6-4-13)27(30)31/h3-6,11-12,15-16H,7,9-10H2,1-2H3,(H2,23,24,25,28,29). The molecule has 1 fully saturated rings. The smallest absolute Gasteiger partial charge is 0.269 e. The number of nitro benzene ring substituents is 1. The zero-order chi connectivity index (χ0) is 22.3. The predicted molar refractivity (Wildman–Crippen MR) is 113 cm³/mol.